The van der Waals surface area contributed by atoms with Crippen LogP contribution in [0.2, 0.25) is 0 Å². The van der Waals surface area contributed by atoms with Gasteiger partial charge in [-0.25, -0.2) is 0 Å². The molecule has 0 spiro atoms. The molecule has 1 fully saturated rings. The van der Waals surface area contributed by atoms with Gasteiger partial charge in [0.1, 0.15) is 6.23 Å². The van der Waals surface area contributed by atoms with Crippen LogP contribution in [0.25, 0.3) is 21.5 Å². The number of aliphatic hydroxyl groups excluding tert-OH is 1. The first kappa shape index (κ1) is 36.8. The number of aliphatic hydroxyl groups is 1. The molecular weight excluding hydrogens is 588 g/mol. The van der Waals surface area contributed by atoms with Crippen molar-refractivity contribution in [2.24, 2.45) is 5.92 Å². The van der Waals surface area contributed by atoms with E-state index in [0.29, 0.717) is 0 Å². The normalized spacial score (nSPS) is 20.5. The average Bonchev–Trinajstić information content (AvgIpc) is 3.10. The van der Waals surface area contributed by atoms with Crippen LogP contribution >= 0.6 is 0 Å². The fraction of sp³-hybridized carbons (Fsp3) is 0.386. The Hall–Kier alpha value is -3.99. The van der Waals surface area contributed by atoms with Gasteiger partial charge in [-0.05, 0) is 97.4 Å². The largest absolute Gasteiger partial charge is 0.374 e. The van der Waals surface area contributed by atoms with E-state index in [4.69, 9.17) is 0 Å². The van der Waals surface area contributed by atoms with Crippen LogP contribution in [0.3, 0.4) is 0 Å². The van der Waals surface area contributed by atoms with E-state index >= 15 is 0 Å². The highest BCUT2D eigenvalue weighted by molar-refractivity contribution is 6.08. The highest BCUT2D eigenvalue weighted by Gasteiger charge is 2.30. The summed E-state index contributed by atoms with van der Waals surface area (Å²) in [5, 5.41) is 22.3. The first-order valence-corrected chi connectivity index (χ1v) is 17.6. The molecule has 4 aromatic rings. The molecule has 0 heterocycles. The number of hydrogen-bond acceptors (Lipinski definition) is 3. The standard InChI is InChI=1S/C30H32N2O2.C7H12.C6H8.CH4/c1-19-15-17-21-9-3-5-11-23(21)27(19)29(33)31-25-13-7-8-14-26(25)32-30(34)28-20(2)16-18-22-10-4-6-12-24(22)28;1-7-5-3-2-4-6-7;1-2-4-6-5-3-1;/h3-6,9-12,15-18,25-26,29,31,33H,7-8,13-14H2,1-2H3,(H,32,34);3,5,7H,2,4,6H2,1H3;1-4H,5-6H2;1H4/t25-,26-,29?;7-;;/m11../s1. The van der Waals surface area contributed by atoms with Crippen molar-refractivity contribution in [3.8, 4) is 0 Å². The summed E-state index contributed by atoms with van der Waals surface area (Å²) < 4.78 is 0. The lowest BCUT2D eigenvalue weighted by Crippen LogP contribution is -2.52. The molecule has 0 bridgehead atoms. The van der Waals surface area contributed by atoms with Crippen LogP contribution in [-0.4, -0.2) is 23.1 Å². The number of carbonyl (C=O) groups excluding carboxylic acids is 1. The Balaban J connectivity index is 0.000000309. The number of rotatable bonds is 5. The number of fused-ring (bicyclic) bond motifs is 2. The third-order valence-electron chi connectivity index (χ3n) is 9.66. The number of nitrogens with one attached hydrogen (secondary N) is 2. The molecule has 1 saturated carbocycles. The van der Waals surface area contributed by atoms with Gasteiger partial charge in [0.15, 0.2) is 0 Å². The summed E-state index contributed by atoms with van der Waals surface area (Å²) in [4.78, 5) is 13.5. The van der Waals surface area contributed by atoms with Crippen molar-refractivity contribution in [3.63, 3.8) is 0 Å². The van der Waals surface area contributed by atoms with Crippen LogP contribution < -0.4 is 10.6 Å². The second-order valence-corrected chi connectivity index (χ2v) is 13.3. The minimum absolute atomic E-state index is 0. The number of allylic oxidation sites excluding steroid dienone is 6. The Morgan fingerprint density at radius 1 is 0.708 bits per heavy atom. The van der Waals surface area contributed by atoms with E-state index in [-0.39, 0.29) is 25.4 Å². The SMILES string of the molecule is C.C1=CCCC=C1.C[C@@H]1C=CCCC1.Cc1ccc2ccccc2c1C(=O)N[C@@H]1CCCC[C@H]1NC(O)c1c(C)ccc2ccccc12. The Bertz CT molecular complexity index is 1710. The fourth-order valence-electron chi connectivity index (χ4n) is 7.00. The van der Waals surface area contributed by atoms with Crippen LogP contribution in [0.5, 0.6) is 0 Å². The van der Waals surface area contributed by atoms with Gasteiger partial charge in [-0.15, -0.1) is 0 Å². The maximum Gasteiger partial charge on any atom is 0.252 e. The minimum Gasteiger partial charge on any atom is -0.374 e. The zero-order valence-corrected chi connectivity index (χ0v) is 28.4. The molecule has 0 aromatic heterocycles. The number of amides is 1. The Labute approximate surface area is 289 Å². The van der Waals surface area contributed by atoms with Crippen molar-refractivity contribution < 1.29 is 9.90 Å². The van der Waals surface area contributed by atoms with Crippen molar-refractivity contribution in [2.45, 2.75) is 104 Å². The quantitative estimate of drug-likeness (QED) is 0.150. The van der Waals surface area contributed by atoms with Crippen molar-refractivity contribution in [3.05, 3.63) is 132 Å². The molecule has 1 unspecified atom stereocenters. The van der Waals surface area contributed by atoms with Gasteiger partial charge in [0.2, 0.25) is 0 Å². The van der Waals surface area contributed by atoms with Crippen molar-refractivity contribution in [2.75, 3.05) is 0 Å². The maximum atomic E-state index is 13.5. The average molecular weight is 645 g/mol. The number of hydrogen-bond donors (Lipinski definition) is 3. The molecule has 4 aromatic carbocycles. The lowest BCUT2D eigenvalue weighted by atomic mass is 9.88. The number of benzene rings is 4. The van der Waals surface area contributed by atoms with Crippen molar-refractivity contribution in [1.82, 2.24) is 10.6 Å². The van der Waals surface area contributed by atoms with E-state index in [2.05, 4.69) is 84.3 Å². The Morgan fingerprint density at radius 2 is 1.31 bits per heavy atom. The van der Waals surface area contributed by atoms with Gasteiger partial charge in [0.05, 0.1) is 5.56 Å². The van der Waals surface area contributed by atoms with Crippen molar-refractivity contribution >= 4 is 27.5 Å². The zero-order chi connectivity index (χ0) is 33.0. The Kier molecular flexibility index (Phi) is 14.2. The second kappa shape index (κ2) is 18.5. The van der Waals surface area contributed by atoms with Crippen LogP contribution in [-0.2, 0) is 0 Å². The van der Waals surface area contributed by atoms with Gasteiger partial charge in [0.25, 0.3) is 5.91 Å². The molecule has 4 heteroatoms. The molecule has 1 amide bonds. The summed E-state index contributed by atoms with van der Waals surface area (Å²) in [6.45, 7) is 6.30. The van der Waals surface area contributed by atoms with Crippen LogP contribution in [0.15, 0.2) is 109 Å². The predicted molar refractivity (Wildman–Crippen MR) is 205 cm³/mol. The van der Waals surface area contributed by atoms with Gasteiger partial charge >= 0.3 is 0 Å². The third-order valence-corrected chi connectivity index (χ3v) is 9.66. The molecule has 48 heavy (non-hydrogen) atoms. The van der Waals surface area contributed by atoms with E-state index in [1.54, 1.807) is 0 Å². The van der Waals surface area contributed by atoms with Gasteiger partial charge in [-0.3, -0.25) is 10.1 Å². The molecule has 4 nitrogen and oxygen atoms in total. The van der Waals surface area contributed by atoms with Gasteiger partial charge in [0, 0.05) is 17.6 Å². The van der Waals surface area contributed by atoms with E-state index in [9.17, 15) is 9.90 Å². The minimum atomic E-state index is -0.798. The summed E-state index contributed by atoms with van der Waals surface area (Å²) in [6, 6.07) is 24.4. The van der Waals surface area contributed by atoms with Crippen molar-refractivity contribution in [1.29, 1.82) is 0 Å². The fourth-order valence-corrected chi connectivity index (χ4v) is 7.00. The van der Waals surface area contributed by atoms with Crippen LogP contribution in [0.1, 0.15) is 105 Å². The van der Waals surface area contributed by atoms with Gasteiger partial charge < -0.3 is 10.4 Å². The molecule has 0 aliphatic heterocycles. The molecule has 3 N–H and O–H groups in total. The van der Waals surface area contributed by atoms with E-state index in [0.717, 1.165) is 75.4 Å². The lowest BCUT2D eigenvalue weighted by molar-refractivity contribution is 0.0840. The lowest BCUT2D eigenvalue weighted by Gasteiger charge is -2.35. The van der Waals surface area contributed by atoms with Gasteiger partial charge in [-0.1, -0.05) is 136 Å². The summed E-state index contributed by atoms with van der Waals surface area (Å²) in [5.74, 6) is 0.817. The number of carbonyl (C=O) groups is 1. The number of aryl methyl sites for hydroxylation is 2. The summed E-state index contributed by atoms with van der Waals surface area (Å²) in [5.41, 5.74) is 3.69. The first-order chi connectivity index (χ1) is 22.9. The molecule has 254 valence electrons. The first-order valence-electron chi connectivity index (χ1n) is 17.6. The predicted octanol–water partition coefficient (Wildman–Crippen LogP) is 10.8. The Morgan fingerprint density at radius 3 is 1.90 bits per heavy atom. The molecule has 3 aliphatic carbocycles. The van der Waals surface area contributed by atoms with Crippen LogP contribution in [0, 0.1) is 19.8 Å². The highest BCUT2D eigenvalue weighted by atomic mass is 16.3. The molecule has 4 atom stereocenters. The van der Waals surface area contributed by atoms with Gasteiger partial charge in [-0.2, -0.15) is 0 Å². The highest BCUT2D eigenvalue weighted by Crippen LogP contribution is 2.29. The maximum absolute atomic E-state index is 13.5. The molecule has 7 rings (SSSR count). The molecular formula is C44H56N2O2. The van der Waals surface area contributed by atoms with E-state index in [1.807, 2.05) is 56.3 Å². The monoisotopic (exact) mass is 644 g/mol. The molecule has 3 aliphatic rings. The van der Waals surface area contributed by atoms with E-state index in [1.165, 1.54) is 32.1 Å². The second-order valence-electron chi connectivity index (χ2n) is 13.3. The van der Waals surface area contributed by atoms with E-state index < -0.39 is 6.23 Å². The summed E-state index contributed by atoms with van der Waals surface area (Å²) in [6.07, 6.45) is 22.9. The smallest absolute Gasteiger partial charge is 0.252 e. The summed E-state index contributed by atoms with van der Waals surface area (Å²) >= 11 is 0. The molecule has 0 radical (unpaired) electrons. The van der Waals surface area contributed by atoms with Crippen LogP contribution in [0.4, 0.5) is 0 Å². The molecule has 0 saturated heterocycles. The zero-order valence-electron chi connectivity index (χ0n) is 28.4. The summed E-state index contributed by atoms with van der Waals surface area (Å²) in [7, 11) is 0. The third kappa shape index (κ3) is 9.78. The topological polar surface area (TPSA) is 61.4 Å².